The minimum Gasteiger partial charge on any atom is -0.494 e. The van der Waals surface area contributed by atoms with E-state index in [4.69, 9.17) is 9.57 Å². The maximum Gasteiger partial charge on any atom is 0.416 e. The van der Waals surface area contributed by atoms with Crippen molar-refractivity contribution in [1.29, 1.82) is 0 Å². The van der Waals surface area contributed by atoms with E-state index in [0.29, 0.717) is 53.4 Å². The Bertz CT molecular complexity index is 1490. The minimum atomic E-state index is -4.45. The number of piperazine rings is 1. The van der Waals surface area contributed by atoms with Crippen LogP contribution in [0.15, 0.2) is 61.4 Å². The lowest BCUT2D eigenvalue weighted by molar-refractivity contribution is -0.137. The first-order valence-corrected chi connectivity index (χ1v) is 14.4. The molecule has 3 heterocycles. The highest BCUT2D eigenvalue weighted by Crippen LogP contribution is 2.40. The molecule has 0 bridgehead atoms. The topological polar surface area (TPSA) is 95.1 Å². The van der Waals surface area contributed by atoms with Gasteiger partial charge in [-0.25, -0.2) is 15.0 Å². The van der Waals surface area contributed by atoms with Crippen LogP contribution in [0.4, 0.5) is 41.9 Å². The van der Waals surface area contributed by atoms with Gasteiger partial charge in [0.25, 0.3) is 0 Å². The van der Waals surface area contributed by atoms with Crippen LogP contribution in [0.1, 0.15) is 37.4 Å². The second-order valence-electron chi connectivity index (χ2n) is 10.9. The summed E-state index contributed by atoms with van der Waals surface area (Å²) < 4.78 is 45.9. The predicted molar refractivity (Wildman–Crippen MR) is 163 cm³/mol. The predicted octanol–water partition coefficient (Wildman–Crippen LogP) is 5.79. The average Bonchev–Trinajstić information content (AvgIpc) is 3.51. The van der Waals surface area contributed by atoms with Crippen molar-refractivity contribution in [2.24, 2.45) is 0 Å². The van der Waals surface area contributed by atoms with Crippen LogP contribution in [0.3, 0.4) is 0 Å². The average molecular weight is 612 g/mol. The van der Waals surface area contributed by atoms with Crippen LogP contribution >= 0.6 is 0 Å². The molecule has 1 amide bonds. The zero-order chi connectivity index (χ0) is 31.4. The Hall–Kier alpha value is -4.36. The summed E-state index contributed by atoms with van der Waals surface area (Å²) in [6.07, 6.45) is -1.40. The molecule has 2 N–H and O–H groups in total. The molecule has 0 spiro atoms. The minimum absolute atomic E-state index is 0.320. The molecule has 2 aromatic carbocycles. The van der Waals surface area contributed by atoms with Gasteiger partial charge in [-0.15, -0.1) is 0 Å². The summed E-state index contributed by atoms with van der Waals surface area (Å²) in [6.45, 7) is 11.6. The summed E-state index contributed by atoms with van der Waals surface area (Å²) in [5.74, 6) is 0.953. The zero-order valence-corrected chi connectivity index (χ0v) is 24.9. The number of amides is 1. The van der Waals surface area contributed by atoms with Crippen molar-refractivity contribution in [2.75, 3.05) is 60.5 Å². The lowest BCUT2D eigenvalue weighted by Crippen LogP contribution is -2.49. The van der Waals surface area contributed by atoms with E-state index in [2.05, 4.69) is 50.8 Å². The molecular formula is C31H36F3N7O3. The molecule has 5 rings (SSSR count). The number of benzene rings is 2. The van der Waals surface area contributed by atoms with E-state index in [1.54, 1.807) is 25.3 Å². The van der Waals surface area contributed by atoms with Crippen LogP contribution in [0.5, 0.6) is 5.75 Å². The summed E-state index contributed by atoms with van der Waals surface area (Å²) in [5, 5.41) is 7.67. The molecule has 2 fully saturated rings. The fourth-order valence-corrected chi connectivity index (χ4v) is 5.45. The van der Waals surface area contributed by atoms with E-state index in [1.807, 2.05) is 6.07 Å². The number of anilines is 5. The number of rotatable bonds is 9. The van der Waals surface area contributed by atoms with Crippen molar-refractivity contribution in [3.8, 4) is 5.75 Å². The maximum absolute atomic E-state index is 13.4. The van der Waals surface area contributed by atoms with Gasteiger partial charge in [-0.3, -0.25) is 14.5 Å². The van der Waals surface area contributed by atoms with Crippen molar-refractivity contribution in [3.05, 3.63) is 72.6 Å². The Morgan fingerprint density at radius 3 is 2.57 bits per heavy atom. The normalized spacial score (nSPS) is 17.6. The Morgan fingerprint density at radius 1 is 1.11 bits per heavy atom. The second kappa shape index (κ2) is 13.1. The number of hydrogen-bond donors (Lipinski definition) is 2. The van der Waals surface area contributed by atoms with Crippen LogP contribution in [-0.4, -0.2) is 66.7 Å². The molecule has 0 radical (unpaired) electrons. The van der Waals surface area contributed by atoms with E-state index in [0.717, 1.165) is 44.0 Å². The highest BCUT2D eigenvalue weighted by Gasteiger charge is 2.34. The highest BCUT2D eigenvalue weighted by atomic mass is 19.4. The first-order valence-electron chi connectivity index (χ1n) is 14.4. The smallest absolute Gasteiger partial charge is 0.416 e. The number of aromatic nitrogens is 2. The summed E-state index contributed by atoms with van der Waals surface area (Å²) in [7, 11) is 1.56. The molecule has 3 aromatic rings. The van der Waals surface area contributed by atoms with Gasteiger partial charge < -0.3 is 20.3 Å². The molecule has 234 valence electrons. The van der Waals surface area contributed by atoms with E-state index < -0.39 is 17.8 Å². The molecule has 2 aliphatic rings. The third kappa shape index (κ3) is 6.89. The maximum atomic E-state index is 13.4. The van der Waals surface area contributed by atoms with Crippen LogP contribution in [-0.2, 0) is 15.8 Å². The zero-order valence-electron chi connectivity index (χ0n) is 24.9. The summed E-state index contributed by atoms with van der Waals surface area (Å²) >= 11 is 0. The van der Waals surface area contributed by atoms with E-state index in [1.165, 1.54) is 23.5 Å². The van der Waals surface area contributed by atoms with E-state index in [-0.39, 0.29) is 5.91 Å². The molecule has 2 aliphatic heterocycles. The quantitative estimate of drug-likeness (QED) is 0.292. The molecule has 13 heteroatoms. The van der Waals surface area contributed by atoms with Gasteiger partial charge in [0.1, 0.15) is 17.9 Å². The Labute approximate surface area is 254 Å². The molecule has 2 saturated heterocycles. The van der Waals surface area contributed by atoms with Crippen molar-refractivity contribution < 1.29 is 27.5 Å². The van der Waals surface area contributed by atoms with Gasteiger partial charge in [-0.1, -0.05) is 18.7 Å². The molecule has 0 unspecified atom stereocenters. The number of halogens is 3. The lowest BCUT2D eigenvalue weighted by Gasteiger charge is -2.39. The second-order valence-corrected chi connectivity index (χ2v) is 10.9. The van der Waals surface area contributed by atoms with Crippen molar-refractivity contribution >= 4 is 34.6 Å². The SMILES string of the molecule is C=CC(=O)Nc1cc(Nc2cc(N3OCC[C@@H]3c3cccc(C(F)(F)F)c3)ncn2)c(OC)cc1N1CCN(C(C)C)CC1. The third-order valence-electron chi connectivity index (χ3n) is 7.79. The monoisotopic (exact) mass is 611 g/mol. The molecule has 0 aliphatic carbocycles. The molecular weight excluding hydrogens is 575 g/mol. The van der Waals surface area contributed by atoms with Crippen LogP contribution < -0.4 is 25.3 Å². The Kier molecular flexibility index (Phi) is 9.25. The van der Waals surface area contributed by atoms with Crippen molar-refractivity contribution in [1.82, 2.24) is 14.9 Å². The van der Waals surface area contributed by atoms with Gasteiger partial charge in [0, 0.05) is 50.8 Å². The lowest BCUT2D eigenvalue weighted by atomic mass is 10.0. The fourth-order valence-electron chi connectivity index (χ4n) is 5.45. The standard InChI is InChI=1S/C31H36F3N7O3/c1-5-30(42)38-23-16-24(27(43-4)17-26(23)40-12-10-39(11-13-40)20(2)3)37-28-18-29(36-19-35-28)41-25(9-14-44-41)21-7-6-8-22(15-21)31(32,33)34/h5-8,15-20,25H,1,9-14H2,2-4H3,(H,38,42)(H,35,36,37)/t25-/m1/s1. The Balaban J connectivity index is 1.42. The number of ether oxygens (including phenoxy) is 1. The van der Waals surface area contributed by atoms with Crippen LogP contribution in [0.25, 0.3) is 0 Å². The fraction of sp³-hybridized carbons (Fsp3) is 0.387. The number of carbonyl (C=O) groups excluding carboxylic acids is 1. The summed E-state index contributed by atoms with van der Waals surface area (Å²) in [6, 6.07) is 10.5. The number of methoxy groups -OCH3 is 1. The molecule has 0 saturated carbocycles. The Morgan fingerprint density at radius 2 is 1.89 bits per heavy atom. The van der Waals surface area contributed by atoms with Crippen molar-refractivity contribution in [3.63, 3.8) is 0 Å². The van der Waals surface area contributed by atoms with Gasteiger partial charge >= 0.3 is 6.18 Å². The van der Waals surface area contributed by atoms with Gasteiger partial charge in [0.15, 0.2) is 5.82 Å². The van der Waals surface area contributed by atoms with Gasteiger partial charge in [-0.05, 0) is 43.7 Å². The summed E-state index contributed by atoms with van der Waals surface area (Å²) in [5.41, 5.74) is 1.70. The number of carbonyl (C=O) groups is 1. The van der Waals surface area contributed by atoms with E-state index >= 15 is 0 Å². The van der Waals surface area contributed by atoms with Crippen LogP contribution in [0, 0.1) is 0 Å². The third-order valence-corrected chi connectivity index (χ3v) is 7.79. The van der Waals surface area contributed by atoms with E-state index in [9.17, 15) is 18.0 Å². The van der Waals surface area contributed by atoms with Gasteiger partial charge in [0.2, 0.25) is 5.91 Å². The number of alkyl halides is 3. The number of nitrogens with zero attached hydrogens (tertiary/aromatic N) is 5. The number of nitrogens with one attached hydrogen (secondary N) is 2. The first-order chi connectivity index (χ1) is 21.1. The number of hydroxylamine groups is 1. The summed E-state index contributed by atoms with van der Waals surface area (Å²) in [4.78, 5) is 31.5. The molecule has 44 heavy (non-hydrogen) atoms. The van der Waals surface area contributed by atoms with Crippen LogP contribution in [0.2, 0.25) is 0 Å². The number of hydrogen-bond acceptors (Lipinski definition) is 9. The first kappa shape index (κ1) is 31.1. The van der Waals surface area contributed by atoms with Crippen molar-refractivity contribution in [2.45, 2.75) is 38.5 Å². The molecule has 1 aromatic heterocycles. The molecule has 1 atom stereocenters. The van der Waals surface area contributed by atoms with Gasteiger partial charge in [0.05, 0.1) is 42.4 Å². The highest BCUT2D eigenvalue weighted by molar-refractivity contribution is 6.02. The largest absolute Gasteiger partial charge is 0.494 e. The van der Waals surface area contributed by atoms with Gasteiger partial charge in [-0.2, -0.15) is 13.2 Å². The molecule has 10 nitrogen and oxygen atoms in total.